The number of carbonyl (C=O) groups is 1. The molecule has 7 heteroatoms. The molecule has 3 rings (SSSR count). The van der Waals surface area contributed by atoms with E-state index in [2.05, 4.69) is 15.6 Å². The number of rotatable bonds is 4. The summed E-state index contributed by atoms with van der Waals surface area (Å²) in [7, 11) is 0. The number of nitrogens with one attached hydrogen (secondary N) is 1. The number of nitrogens with zero attached hydrogens (tertiary/aromatic N) is 3. The van der Waals surface area contributed by atoms with E-state index in [9.17, 15) is 4.79 Å². The first-order chi connectivity index (χ1) is 11.1. The first-order valence-corrected chi connectivity index (χ1v) is 7.18. The monoisotopic (exact) mass is 311 g/mol. The lowest BCUT2D eigenvalue weighted by Gasteiger charge is -2.10. The number of aliphatic hydroxyl groups is 1. The van der Waals surface area contributed by atoms with Gasteiger partial charge < -0.3 is 16.2 Å². The predicted molar refractivity (Wildman–Crippen MR) is 87.3 cm³/mol. The largest absolute Gasteiger partial charge is 0.394 e. The van der Waals surface area contributed by atoms with Gasteiger partial charge in [-0.05, 0) is 42.8 Å². The van der Waals surface area contributed by atoms with Crippen LogP contribution < -0.4 is 11.1 Å². The maximum absolute atomic E-state index is 11.8. The lowest BCUT2D eigenvalue weighted by atomic mass is 10.2. The molecule has 118 valence electrons. The van der Waals surface area contributed by atoms with Gasteiger partial charge in [0.2, 0.25) is 5.91 Å². The minimum absolute atomic E-state index is 0.406. The van der Waals surface area contributed by atoms with Crippen LogP contribution in [0.4, 0.5) is 5.69 Å². The summed E-state index contributed by atoms with van der Waals surface area (Å²) in [6.07, 6.45) is 0. The number of hydrogen-bond acceptors (Lipinski definition) is 5. The molecule has 0 saturated heterocycles. The number of fused-ring (bicyclic) bond motifs is 1. The molecule has 1 atom stereocenters. The zero-order valence-corrected chi connectivity index (χ0v) is 12.6. The lowest BCUT2D eigenvalue weighted by molar-refractivity contribution is -0.118. The van der Waals surface area contributed by atoms with Crippen molar-refractivity contribution in [2.45, 2.75) is 13.0 Å². The number of aliphatic hydroxyl groups excluding tert-OH is 1. The average molecular weight is 311 g/mol. The van der Waals surface area contributed by atoms with E-state index >= 15 is 0 Å². The zero-order chi connectivity index (χ0) is 16.4. The van der Waals surface area contributed by atoms with Crippen LogP contribution in [-0.2, 0) is 4.79 Å². The summed E-state index contributed by atoms with van der Waals surface area (Å²) in [5.74, 6) is -0.443. The fraction of sp³-hybridized carbons (Fsp3) is 0.188. The van der Waals surface area contributed by atoms with Gasteiger partial charge in [-0.1, -0.05) is 17.3 Å². The summed E-state index contributed by atoms with van der Waals surface area (Å²) >= 11 is 0. The van der Waals surface area contributed by atoms with Gasteiger partial charge in [0.05, 0.1) is 17.8 Å². The molecule has 0 aliphatic rings. The summed E-state index contributed by atoms with van der Waals surface area (Å²) < 4.78 is 1.71. The molecule has 23 heavy (non-hydrogen) atoms. The van der Waals surface area contributed by atoms with Gasteiger partial charge in [0.15, 0.2) is 0 Å². The SMILES string of the molecule is Cc1cccc(-n2nnc3ccc(NC(=O)[C@@H](N)CO)cc32)c1. The van der Waals surface area contributed by atoms with Gasteiger partial charge in [-0.2, -0.15) is 0 Å². The molecule has 1 aromatic heterocycles. The van der Waals surface area contributed by atoms with Crippen LogP contribution in [0.2, 0.25) is 0 Å². The predicted octanol–water partition coefficient (Wildman–Crippen LogP) is 0.987. The maximum Gasteiger partial charge on any atom is 0.243 e. The number of amides is 1. The molecule has 1 amide bonds. The molecule has 0 aliphatic heterocycles. The summed E-state index contributed by atoms with van der Waals surface area (Å²) in [5.41, 5.74) is 9.57. The Morgan fingerprint density at radius 1 is 1.35 bits per heavy atom. The van der Waals surface area contributed by atoms with Crippen LogP contribution in [0.15, 0.2) is 42.5 Å². The van der Waals surface area contributed by atoms with Crippen LogP contribution in [0.1, 0.15) is 5.56 Å². The third-order valence-corrected chi connectivity index (χ3v) is 3.49. The quantitative estimate of drug-likeness (QED) is 0.666. The van der Waals surface area contributed by atoms with Crippen molar-refractivity contribution < 1.29 is 9.90 Å². The Morgan fingerprint density at radius 2 is 2.17 bits per heavy atom. The Kier molecular flexibility index (Phi) is 4.05. The highest BCUT2D eigenvalue weighted by Gasteiger charge is 2.13. The highest BCUT2D eigenvalue weighted by Crippen LogP contribution is 2.21. The van der Waals surface area contributed by atoms with Crippen molar-refractivity contribution in [2.75, 3.05) is 11.9 Å². The molecule has 0 radical (unpaired) electrons. The number of aryl methyl sites for hydroxylation is 1. The lowest BCUT2D eigenvalue weighted by Crippen LogP contribution is -2.38. The van der Waals surface area contributed by atoms with E-state index in [0.29, 0.717) is 5.69 Å². The third kappa shape index (κ3) is 3.05. The Hall–Kier alpha value is -2.77. The van der Waals surface area contributed by atoms with Gasteiger partial charge in [0.25, 0.3) is 0 Å². The Morgan fingerprint density at radius 3 is 2.91 bits per heavy atom. The fourth-order valence-corrected chi connectivity index (χ4v) is 2.26. The molecule has 3 aromatic rings. The topological polar surface area (TPSA) is 106 Å². The standard InChI is InChI=1S/C16H17N5O2/c1-10-3-2-4-12(7-10)21-15-8-11(5-6-14(15)19-20-21)18-16(23)13(17)9-22/h2-8,13,22H,9,17H2,1H3,(H,18,23)/t13-/m0/s1. The second kappa shape index (κ2) is 6.15. The Bertz CT molecular complexity index is 859. The molecule has 0 bridgehead atoms. The second-order valence-electron chi connectivity index (χ2n) is 5.32. The molecule has 7 nitrogen and oxygen atoms in total. The second-order valence-corrected chi connectivity index (χ2v) is 5.32. The number of nitrogens with two attached hydrogens (primary N) is 1. The minimum Gasteiger partial charge on any atom is -0.394 e. The van der Waals surface area contributed by atoms with Crippen molar-refractivity contribution in [2.24, 2.45) is 5.73 Å². The van der Waals surface area contributed by atoms with Crippen molar-refractivity contribution in [3.8, 4) is 5.69 Å². The summed E-state index contributed by atoms with van der Waals surface area (Å²) in [6, 6.07) is 12.2. The molecule has 2 aromatic carbocycles. The highest BCUT2D eigenvalue weighted by molar-refractivity contribution is 5.96. The normalized spacial score (nSPS) is 12.3. The fourth-order valence-electron chi connectivity index (χ4n) is 2.26. The van der Waals surface area contributed by atoms with Crippen LogP contribution in [0.25, 0.3) is 16.7 Å². The van der Waals surface area contributed by atoms with E-state index in [1.54, 1.807) is 22.9 Å². The molecular formula is C16H17N5O2. The maximum atomic E-state index is 11.8. The van der Waals surface area contributed by atoms with Gasteiger partial charge in [0.1, 0.15) is 11.6 Å². The van der Waals surface area contributed by atoms with E-state index in [0.717, 1.165) is 22.3 Å². The number of hydrogen-bond donors (Lipinski definition) is 3. The highest BCUT2D eigenvalue weighted by atomic mass is 16.3. The molecule has 0 spiro atoms. The van der Waals surface area contributed by atoms with Crippen LogP contribution >= 0.6 is 0 Å². The van der Waals surface area contributed by atoms with Crippen LogP contribution in [0.5, 0.6) is 0 Å². The molecule has 0 saturated carbocycles. The van der Waals surface area contributed by atoms with E-state index in [4.69, 9.17) is 10.8 Å². The van der Waals surface area contributed by atoms with Crippen molar-refractivity contribution in [1.82, 2.24) is 15.0 Å². The summed E-state index contributed by atoms with van der Waals surface area (Å²) in [4.78, 5) is 11.8. The number of benzene rings is 2. The smallest absolute Gasteiger partial charge is 0.243 e. The first-order valence-electron chi connectivity index (χ1n) is 7.18. The third-order valence-electron chi connectivity index (χ3n) is 3.49. The molecule has 0 unspecified atom stereocenters. The van der Waals surface area contributed by atoms with Gasteiger partial charge >= 0.3 is 0 Å². The van der Waals surface area contributed by atoms with Crippen molar-refractivity contribution in [3.63, 3.8) is 0 Å². The van der Waals surface area contributed by atoms with Crippen molar-refractivity contribution in [3.05, 3.63) is 48.0 Å². The molecular weight excluding hydrogens is 294 g/mol. The van der Waals surface area contributed by atoms with E-state index in [1.165, 1.54) is 0 Å². The molecule has 0 aliphatic carbocycles. The molecule has 0 fully saturated rings. The van der Waals surface area contributed by atoms with Gasteiger partial charge in [0, 0.05) is 5.69 Å². The van der Waals surface area contributed by atoms with Gasteiger partial charge in [-0.3, -0.25) is 4.79 Å². The zero-order valence-electron chi connectivity index (χ0n) is 12.6. The van der Waals surface area contributed by atoms with Crippen LogP contribution in [0, 0.1) is 6.92 Å². The van der Waals surface area contributed by atoms with E-state index in [1.807, 2.05) is 31.2 Å². The van der Waals surface area contributed by atoms with Gasteiger partial charge in [-0.15, -0.1) is 5.10 Å². The number of carbonyl (C=O) groups excluding carboxylic acids is 1. The number of anilines is 1. The molecule has 1 heterocycles. The number of aromatic nitrogens is 3. The Balaban J connectivity index is 1.99. The summed E-state index contributed by atoms with van der Waals surface area (Å²) in [6.45, 7) is 1.60. The summed E-state index contributed by atoms with van der Waals surface area (Å²) in [5, 5.41) is 19.9. The Labute approximate surface area is 132 Å². The van der Waals surface area contributed by atoms with Crippen LogP contribution in [0.3, 0.4) is 0 Å². The van der Waals surface area contributed by atoms with Gasteiger partial charge in [-0.25, -0.2) is 4.68 Å². The van der Waals surface area contributed by atoms with Crippen molar-refractivity contribution >= 4 is 22.6 Å². The first kappa shape index (κ1) is 15.1. The van der Waals surface area contributed by atoms with E-state index in [-0.39, 0.29) is 0 Å². The molecule has 4 N–H and O–H groups in total. The van der Waals surface area contributed by atoms with Crippen LogP contribution in [-0.4, -0.2) is 38.7 Å². The average Bonchev–Trinajstić information content (AvgIpc) is 2.97. The van der Waals surface area contributed by atoms with E-state index < -0.39 is 18.6 Å². The van der Waals surface area contributed by atoms with Crippen molar-refractivity contribution in [1.29, 1.82) is 0 Å². The minimum atomic E-state index is -0.953.